The molecule has 7 nitrogen and oxygen atoms in total. The fourth-order valence-electron chi connectivity index (χ4n) is 2.63. The normalized spacial score (nSPS) is 10.4. The molecule has 2 aromatic rings. The van der Waals surface area contributed by atoms with Crippen molar-refractivity contribution in [2.24, 2.45) is 5.92 Å². The molecule has 0 unspecified atom stereocenters. The molecular formula is C22H28N4O3. The minimum atomic E-state index is -0.228. The van der Waals surface area contributed by atoms with Crippen LogP contribution in [0.1, 0.15) is 30.6 Å². The van der Waals surface area contributed by atoms with Crippen molar-refractivity contribution in [3.63, 3.8) is 0 Å². The third kappa shape index (κ3) is 7.29. The number of hydrogen-bond acceptors (Lipinski definition) is 4. The molecule has 0 saturated heterocycles. The van der Waals surface area contributed by atoms with E-state index < -0.39 is 0 Å². The Balaban J connectivity index is 1.86. The molecule has 0 heterocycles. The van der Waals surface area contributed by atoms with Gasteiger partial charge in [-0.05, 0) is 48.4 Å². The van der Waals surface area contributed by atoms with E-state index >= 15 is 0 Å². The first kappa shape index (κ1) is 21.9. The maximum Gasteiger partial charge on any atom is 0.253 e. The van der Waals surface area contributed by atoms with Gasteiger partial charge in [0.15, 0.2) is 0 Å². The molecule has 29 heavy (non-hydrogen) atoms. The lowest BCUT2D eigenvalue weighted by molar-refractivity contribution is -0.117. The molecule has 0 fully saturated rings. The van der Waals surface area contributed by atoms with Gasteiger partial charge in [0.05, 0.1) is 6.54 Å². The second-order valence-corrected chi connectivity index (χ2v) is 7.41. The van der Waals surface area contributed by atoms with Crippen LogP contribution in [-0.4, -0.2) is 43.3 Å². The molecule has 0 aliphatic heterocycles. The molecular weight excluding hydrogens is 368 g/mol. The average Bonchev–Trinajstić information content (AvgIpc) is 2.66. The van der Waals surface area contributed by atoms with Gasteiger partial charge < -0.3 is 20.9 Å². The number of carbonyl (C=O) groups is 3. The van der Waals surface area contributed by atoms with Gasteiger partial charge in [-0.15, -0.1) is 0 Å². The summed E-state index contributed by atoms with van der Waals surface area (Å²) in [5.74, 6) is -0.0697. The quantitative estimate of drug-likeness (QED) is 0.638. The number of rotatable bonds is 8. The zero-order valence-electron chi connectivity index (χ0n) is 17.3. The predicted octanol–water partition coefficient (Wildman–Crippen LogP) is 3.42. The smallest absolute Gasteiger partial charge is 0.253 e. The highest BCUT2D eigenvalue weighted by atomic mass is 16.2. The van der Waals surface area contributed by atoms with E-state index in [-0.39, 0.29) is 24.3 Å². The molecule has 7 heteroatoms. The van der Waals surface area contributed by atoms with Gasteiger partial charge in [-0.1, -0.05) is 19.9 Å². The summed E-state index contributed by atoms with van der Waals surface area (Å²) in [6.45, 7) is 4.06. The van der Waals surface area contributed by atoms with Crippen LogP contribution in [0.15, 0.2) is 48.5 Å². The molecule has 0 radical (unpaired) electrons. The Morgan fingerprint density at radius 2 is 1.48 bits per heavy atom. The Labute approximate surface area is 171 Å². The van der Waals surface area contributed by atoms with Gasteiger partial charge in [0, 0.05) is 43.1 Å². The van der Waals surface area contributed by atoms with Crippen molar-refractivity contribution in [1.29, 1.82) is 0 Å². The monoisotopic (exact) mass is 396 g/mol. The van der Waals surface area contributed by atoms with Crippen LogP contribution in [0.4, 0.5) is 17.1 Å². The largest absolute Gasteiger partial charge is 0.376 e. The van der Waals surface area contributed by atoms with Crippen LogP contribution < -0.4 is 16.0 Å². The van der Waals surface area contributed by atoms with Gasteiger partial charge in [0.2, 0.25) is 11.8 Å². The number of nitrogens with one attached hydrogen (secondary N) is 3. The van der Waals surface area contributed by atoms with Crippen molar-refractivity contribution in [3.8, 4) is 0 Å². The Morgan fingerprint density at radius 3 is 2.10 bits per heavy atom. The summed E-state index contributed by atoms with van der Waals surface area (Å²) in [7, 11) is 3.36. The van der Waals surface area contributed by atoms with Crippen molar-refractivity contribution in [2.75, 3.05) is 36.6 Å². The molecule has 3 amide bonds. The highest BCUT2D eigenvalue weighted by Crippen LogP contribution is 2.15. The Hall–Kier alpha value is -3.35. The third-order valence-electron chi connectivity index (χ3n) is 4.01. The zero-order chi connectivity index (χ0) is 21.4. The number of nitrogens with zero attached hydrogens (tertiary/aromatic N) is 1. The van der Waals surface area contributed by atoms with Crippen LogP contribution >= 0.6 is 0 Å². The lowest BCUT2D eigenvalue weighted by Gasteiger charge is -2.12. The Bertz CT molecular complexity index is 861. The summed E-state index contributed by atoms with van der Waals surface area (Å²) < 4.78 is 0. The Morgan fingerprint density at radius 1 is 0.862 bits per heavy atom. The number of carbonyl (C=O) groups excluding carboxylic acids is 3. The second kappa shape index (κ2) is 10.3. The minimum absolute atomic E-state index is 0.0185. The van der Waals surface area contributed by atoms with Crippen LogP contribution in [0.5, 0.6) is 0 Å². The van der Waals surface area contributed by atoms with Crippen molar-refractivity contribution in [1.82, 2.24) is 4.90 Å². The molecule has 154 valence electrons. The number of benzene rings is 2. The van der Waals surface area contributed by atoms with Crippen LogP contribution in [0.2, 0.25) is 0 Å². The van der Waals surface area contributed by atoms with Crippen molar-refractivity contribution in [2.45, 2.75) is 20.3 Å². The van der Waals surface area contributed by atoms with E-state index in [1.54, 1.807) is 62.6 Å². The van der Waals surface area contributed by atoms with Gasteiger partial charge in [-0.25, -0.2) is 0 Å². The Kier molecular flexibility index (Phi) is 7.77. The summed E-state index contributed by atoms with van der Waals surface area (Å²) >= 11 is 0. The summed E-state index contributed by atoms with van der Waals surface area (Å²) in [6.07, 6.45) is 0.474. The standard InChI is InChI=1S/C22H28N4O3/c1-15(2)12-20(27)24-18-10-8-17(9-11-18)23-14-21(28)25-19-7-5-6-16(13-19)22(29)26(3)4/h5-11,13,15,23H,12,14H2,1-4H3,(H,24,27)(H,25,28). The molecule has 0 spiro atoms. The molecule has 2 aromatic carbocycles. The summed E-state index contributed by atoms with van der Waals surface area (Å²) in [5.41, 5.74) is 2.55. The zero-order valence-corrected chi connectivity index (χ0v) is 17.3. The van der Waals surface area contributed by atoms with Crippen LogP contribution in [0.3, 0.4) is 0 Å². The van der Waals surface area contributed by atoms with Gasteiger partial charge in [0.1, 0.15) is 0 Å². The molecule has 0 aromatic heterocycles. The predicted molar refractivity (Wildman–Crippen MR) is 116 cm³/mol. The van der Waals surface area contributed by atoms with Gasteiger partial charge in [0.25, 0.3) is 5.91 Å². The third-order valence-corrected chi connectivity index (χ3v) is 4.01. The number of anilines is 3. The summed E-state index contributed by atoms with van der Waals surface area (Å²) in [5, 5.41) is 8.65. The van der Waals surface area contributed by atoms with E-state index in [1.807, 2.05) is 13.8 Å². The highest BCUT2D eigenvalue weighted by molar-refractivity contribution is 5.98. The summed E-state index contributed by atoms with van der Waals surface area (Å²) in [6, 6.07) is 14.0. The van der Waals surface area contributed by atoms with Crippen LogP contribution in [0, 0.1) is 5.92 Å². The fourth-order valence-corrected chi connectivity index (χ4v) is 2.63. The van der Waals surface area contributed by atoms with E-state index in [2.05, 4.69) is 16.0 Å². The van der Waals surface area contributed by atoms with Crippen molar-refractivity contribution >= 4 is 34.8 Å². The first-order valence-corrected chi connectivity index (χ1v) is 9.50. The topological polar surface area (TPSA) is 90.5 Å². The average molecular weight is 396 g/mol. The van der Waals surface area contributed by atoms with E-state index in [0.29, 0.717) is 29.3 Å². The SMILES string of the molecule is CC(C)CC(=O)Nc1ccc(NCC(=O)Nc2cccc(C(=O)N(C)C)c2)cc1. The van der Waals surface area contributed by atoms with E-state index in [9.17, 15) is 14.4 Å². The molecule has 0 atom stereocenters. The maximum atomic E-state index is 12.2. The first-order valence-electron chi connectivity index (χ1n) is 9.50. The molecule has 3 N–H and O–H groups in total. The molecule has 0 bridgehead atoms. The highest BCUT2D eigenvalue weighted by Gasteiger charge is 2.10. The molecule has 0 aliphatic carbocycles. The van der Waals surface area contributed by atoms with Crippen molar-refractivity contribution < 1.29 is 14.4 Å². The van der Waals surface area contributed by atoms with E-state index in [1.165, 1.54) is 4.90 Å². The van der Waals surface area contributed by atoms with Crippen LogP contribution in [-0.2, 0) is 9.59 Å². The minimum Gasteiger partial charge on any atom is -0.376 e. The summed E-state index contributed by atoms with van der Waals surface area (Å²) in [4.78, 5) is 37.5. The fraction of sp³-hybridized carbons (Fsp3) is 0.318. The molecule has 2 rings (SSSR count). The second-order valence-electron chi connectivity index (χ2n) is 7.41. The van der Waals surface area contributed by atoms with E-state index in [4.69, 9.17) is 0 Å². The molecule has 0 saturated carbocycles. The molecule has 0 aliphatic rings. The van der Waals surface area contributed by atoms with Gasteiger partial charge in [-0.3, -0.25) is 14.4 Å². The number of hydrogen-bond donors (Lipinski definition) is 3. The maximum absolute atomic E-state index is 12.2. The lowest BCUT2D eigenvalue weighted by atomic mass is 10.1. The number of amides is 3. The van der Waals surface area contributed by atoms with Crippen LogP contribution in [0.25, 0.3) is 0 Å². The first-order chi connectivity index (χ1) is 13.7. The van der Waals surface area contributed by atoms with Gasteiger partial charge in [-0.2, -0.15) is 0 Å². The van der Waals surface area contributed by atoms with E-state index in [0.717, 1.165) is 5.69 Å². The van der Waals surface area contributed by atoms with Crippen molar-refractivity contribution in [3.05, 3.63) is 54.1 Å². The van der Waals surface area contributed by atoms with Gasteiger partial charge >= 0.3 is 0 Å². The lowest BCUT2D eigenvalue weighted by Crippen LogP contribution is -2.23.